The average molecular weight is 467 g/mol. The van der Waals surface area contributed by atoms with Gasteiger partial charge >= 0.3 is 0 Å². The first-order valence-electron chi connectivity index (χ1n) is 11.3. The molecule has 5 nitrogen and oxygen atoms in total. The molecule has 5 rings (SSSR count). The van der Waals surface area contributed by atoms with E-state index in [0.29, 0.717) is 23.4 Å². The van der Waals surface area contributed by atoms with Crippen LogP contribution in [-0.2, 0) is 6.54 Å². The number of rotatable bonds is 5. The molecule has 0 bridgehead atoms. The summed E-state index contributed by atoms with van der Waals surface area (Å²) in [4.78, 5) is 6.89. The molecule has 6 heteroatoms. The molecule has 34 heavy (non-hydrogen) atoms. The number of thiocarbonyl (C=S) groups is 1. The molecule has 3 aromatic carbocycles. The zero-order valence-electron chi connectivity index (χ0n) is 19.4. The van der Waals surface area contributed by atoms with E-state index in [-0.39, 0.29) is 6.04 Å². The van der Waals surface area contributed by atoms with E-state index >= 15 is 0 Å². The molecule has 0 fully saturated rings. The maximum absolute atomic E-state index is 5.83. The molecule has 1 aliphatic rings. The smallest absolute Gasteiger partial charge is 0.258 e. The number of allylic oxidation sites excluding steroid dienone is 1. The van der Waals surface area contributed by atoms with Crippen LogP contribution in [0.3, 0.4) is 0 Å². The van der Waals surface area contributed by atoms with Gasteiger partial charge in [0.05, 0.1) is 11.6 Å². The first-order valence-corrected chi connectivity index (χ1v) is 11.7. The second-order valence-corrected chi connectivity index (χ2v) is 9.04. The van der Waals surface area contributed by atoms with E-state index in [1.165, 1.54) is 16.7 Å². The number of nitrogens with one attached hydrogen (secondary N) is 1. The minimum absolute atomic E-state index is 0.186. The molecule has 1 aromatic heterocycles. The van der Waals surface area contributed by atoms with Crippen LogP contribution >= 0.6 is 12.2 Å². The first-order chi connectivity index (χ1) is 16.5. The van der Waals surface area contributed by atoms with Crippen molar-refractivity contribution in [3.8, 4) is 11.4 Å². The van der Waals surface area contributed by atoms with Gasteiger partial charge in [-0.15, -0.1) is 0 Å². The van der Waals surface area contributed by atoms with Crippen LogP contribution in [0.4, 0.5) is 0 Å². The maximum atomic E-state index is 5.83. The highest BCUT2D eigenvalue weighted by Crippen LogP contribution is 2.37. The monoisotopic (exact) mass is 466 g/mol. The van der Waals surface area contributed by atoms with E-state index < -0.39 is 0 Å². The molecule has 1 unspecified atom stereocenters. The summed E-state index contributed by atoms with van der Waals surface area (Å²) in [5.41, 5.74) is 7.53. The summed E-state index contributed by atoms with van der Waals surface area (Å²) in [5, 5.41) is 8.49. The molecular weight excluding hydrogens is 440 g/mol. The molecule has 4 aromatic rings. The fraction of sp³-hybridized carbons (Fsp3) is 0.179. The highest BCUT2D eigenvalue weighted by Gasteiger charge is 2.34. The number of nitrogens with zero attached hydrogens (tertiary/aromatic N) is 3. The van der Waals surface area contributed by atoms with Crippen LogP contribution in [0.1, 0.15) is 41.1 Å². The van der Waals surface area contributed by atoms with Gasteiger partial charge in [-0.25, -0.2) is 0 Å². The fourth-order valence-electron chi connectivity index (χ4n) is 4.17. The van der Waals surface area contributed by atoms with Crippen molar-refractivity contribution >= 4 is 22.9 Å². The normalized spacial score (nSPS) is 16.0. The molecule has 170 valence electrons. The Morgan fingerprint density at radius 3 is 2.21 bits per heavy atom. The van der Waals surface area contributed by atoms with Gasteiger partial charge in [0.2, 0.25) is 5.82 Å². The molecule has 1 aliphatic heterocycles. The second-order valence-electron chi connectivity index (χ2n) is 8.65. The quantitative estimate of drug-likeness (QED) is 0.353. The van der Waals surface area contributed by atoms with E-state index in [0.717, 1.165) is 22.4 Å². The highest BCUT2D eigenvalue weighted by molar-refractivity contribution is 7.80. The lowest BCUT2D eigenvalue weighted by molar-refractivity contribution is 0.396. The van der Waals surface area contributed by atoms with Crippen LogP contribution in [0, 0.1) is 13.8 Å². The van der Waals surface area contributed by atoms with Crippen molar-refractivity contribution < 1.29 is 4.52 Å². The molecule has 0 aliphatic carbocycles. The lowest BCUT2D eigenvalue weighted by Crippen LogP contribution is -2.45. The Morgan fingerprint density at radius 1 is 0.882 bits per heavy atom. The van der Waals surface area contributed by atoms with E-state index in [1.807, 2.05) is 42.5 Å². The molecule has 1 atom stereocenters. The summed E-state index contributed by atoms with van der Waals surface area (Å²) in [5.74, 6) is 1.06. The van der Waals surface area contributed by atoms with Gasteiger partial charge in [0.1, 0.15) is 0 Å². The number of benzene rings is 3. The van der Waals surface area contributed by atoms with E-state index in [1.54, 1.807) is 0 Å². The summed E-state index contributed by atoms with van der Waals surface area (Å²) >= 11 is 5.82. The van der Waals surface area contributed by atoms with Gasteiger partial charge in [0, 0.05) is 17.8 Å². The van der Waals surface area contributed by atoms with Crippen molar-refractivity contribution in [2.45, 2.75) is 33.4 Å². The van der Waals surface area contributed by atoms with Crippen LogP contribution in [0.5, 0.6) is 0 Å². The summed E-state index contributed by atoms with van der Waals surface area (Å²) in [6.45, 7) is 6.87. The lowest BCUT2D eigenvalue weighted by Gasteiger charge is -2.37. The topological polar surface area (TPSA) is 54.2 Å². The van der Waals surface area contributed by atoms with E-state index in [4.69, 9.17) is 21.7 Å². The summed E-state index contributed by atoms with van der Waals surface area (Å²) in [6, 6.07) is 26.7. The predicted octanol–water partition coefficient (Wildman–Crippen LogP) is 6.22. The van der Waals surface area contributed by atoms with Gasteiger partial charge < -0.3 is 14.7 Å². The number of hydrogen-bond donors (Lipinski definition) is 1. The minimum Gasteiger partial charge on any atom is -0.351 e. The number of hydrogen-bond acceptors (Lipinski definition) is 4. The van der Waals surface area contributed by atoms with Gasteiger partial charge in [-0.1, -0.05) is 95.1 Å². The molecular formula is C28H26N4OS. The fourth-order valence-corrected chi connectivity index (χ4v) is 4.49. The Labute approximate surface area is 205 Å². The zero-order valence-corrected chi connectivity index (χ0v) is 20.3. The lowest BCUT2D eigenvalue weighted by atomic mass is 9.94. The van der Waals surface area contributed by atoms with Crippen molar-refractivity contribution in [1.82, 2.24) is 20.4 Å². The summed E-state index contributed by atoms with van der Waals surface area (Å²) in [6.07, 6.45) is 0. The molecule has 0 radical (unpaired) electrons. The van der Waals surface area contributed by atoms with Crippen molar-refractivity contribution in [2.24, 2.45) is 0 Å². The van der Waals surface area contributed by atoms with Crippen molar-refractivity contribution in [3.05, 3.63) is 113 Å². The molecule has 1 N–H and O–H groups in total. The van der Waals surface area contributed by atoms with Gasteiger partial charge in [-0.3, -0.25) is 0 Å². The van der Waals surface area contributed by atoms with Crippen LogP contribution in [0.2, 0.25) is 0 Å². The van der Waals surface area contributed by atoms with Crippen LogP contribution in [-0.4, -0.2) is 20.2 Å². The Balaban J connectivity index is 1.58. The number of aromatic nitrogens is 2. The first kappa shape index (κ1) is 22.0. The largest absolute Gasteiger partial charge is 0.351 e. The van der Waals surface area contributed by atoms with Crippen molar-refractivity contribution in [2.75, 3.05) is 0 Å². The van der Waals surface area contributed by atoms with Gasteiger partial charge in [0.15, 0.2) is 5.11 Å². The zero-order chi connectivity index (χ0) is 23.7. The Kier molecular flexibility index (Phi) is 5.99. The molecule has 2 heterocycles. The van der Waals surface area contributed by atoms with Crippen LogP contribution in [0.15, 0.2) is 89.1 Å². The van der Waals surface area contributed by atoms with Crippen LogP contribution < -0.4 is 5.32 Å². The predicted molar refractivity (Wildman–Crippen MR) is 139 cm³/mol. The molecule has 0 amide bonds. The second kappa shape index (κ2) is 9.23. The molecule has 0 saturated carbocycles. The Morgan fingerprint density at radius 2 is 1.53 bits per heavy atom. The third kappa shape index (κ3) is 4.37. The van der Waals surface area contributed by atoms with Gasteiger partial charge in [-0.2, -0.15) is 4.98 Å². The van der Waals surface area contributed by atoms with E-state index in [2.05, 4.69) is 72.5 Å². The molecule has 0 saturated heterocycles. The summed E-state index contributed by atoms with van der Waals surface area (Å²) in [7, 11) is 0. The Bertz CT molecular complexity index is 1340. The SMILES string of the molecule is CC1=C(c2nc(-c3ccc(C)cc3)no2)C(c2ccccc2)NC(=S)N1Cc1ccc(C)cc1. The Hall–Kier alpha value is -3.77. The third-order valence-corrected chi connectivity index (χ3v) is 6.49. The maximum Gasteiger partial charge on any atom is 0.258 e. The standard InChI is InChI=1S/C28H26N4OS/c1-18-9-13-21(14-10-18)17-32-20(3)24(25(29-28(32)34)22-7-5-4-6-8-22)27-30-26(31-33-27)23-15-11-19(2)12-16-23/h4-16,25H,17H2,1-3H3,(H,29,34). The van der Waals surface area contributed by atoms with Crippen molar-refractivity contribution in [1.29, 1.82) is 0 Å². The molecule has 0 spiro atoms. The van der Waals surface area contributed by atoms with Gasteiger partial charge in [-0.05, 0) is 44.1 Å². The third-order valence-electron chi connectivity index (χ3n) is 6.16. The van der Waals surface area contributed by atoms with E-state index in [9.17, 15) is 0 Å². The average Bonchev–Trinajstić information content (AvgIpc) is 3.33. The highest BCUT2D eigenvalue weighted by atomic mass is 32.1. The van der Waals surface area contributed by atoms with Crippen molar-refractivity contribution in [3.63, 3.8) is 0 Å². The van der Waals surface area contributed by atoms with Crippen LogP contribution in [0.25, 0.3) is 17.0 Å². The van der Waals surface area contributed by atoms with Gasteiger partial charge in [0.25, 0.3) is 5.89 Å². The summed E-state index contributed by atoms with van der Waals surface area (Å²) < 4.78 is 5.83. The number of aryl methyl sites for hydroxylation is 2. The minimum atomic E-state index is -0.186.